The van der Waals surface area contributed by atoms with E-state index in [1.54, 1.807) is 12.1 Å². The summed E-state index contributed by atoms with van der Waals surface area (Å²) in [5.74, 6) is -1.03. The summed E-state index contributed by atoms with van der Waals surface area (Å²) in [6, 6.07) is 6.02. The second kappa shape index (κ2) is 4.18. The molecule has 1 aromatic rings. The Balaban J connectivity index is 1.80. The molecule has 1 aliphatic carbocycles. The Bertz CT molecular complexity index is 594. The molecule has 1 aromatic carbocycles. The van der Waals surface area contributed by atoms with E-state index in [1.165, 1.54) is 12.1 Å². The van der Waals surface area contributed by atoms with Crippen molar-refractivity contribution in [2.75, 3.05) is 0 Å². The van der Waals surface area contributed by atoms with Crippen molar-refractivity contribution in [3.8, 4) is 5.75 Å². The Morgan fingerprint density at radius 2 is 2.05 bits per heavy atom. The van der Waals surface area contributed by atoms with Crippen molar-refractivity contribution < 1.29 is 24.5 Å². The van der Waals surface area contributed by atoms with E-state index in [1.807, 2.05) is 0 Å². The first-order valence-electron chi connectivity index (χ1n) is 5.76. The summed E-state index contributed by atoms with van der Waals surface area (Å²) in [6.07, 6.45) is -1.02. The van der Waals surface area contributed by atoms with Crippen LogP contribution in [0.25, 0.3) is 0 Å². The van der Waals surface area contributed by atoms with Crippen molar-refractivity contribution in [2.45, 2.75) is 18.3 Å². The van der Waals surface area contributed by atoms with E-state index in [9.17, 15) is 19.8 Å². The number of phenolic OH excluding ortho intramolecular Hbond substituents is 1. The average molecular weight is 261 g/mol. The van der Waals surface area contributed by atoms with Crippen molar-refractivity contribution in [1.82, 2.24) is 5.32 Å². The van der Waals surface area contributed by atoms with Gasteiger partial charge in [0.25, 0.3) is 5.91 Å². The maximum absolute atomic E-state index is 11.9. The summed E-state index contributed by atoms with van der Waals surface area (Å²) >= 11 is 0. The van der Waals surface area contributed by atoms with Gasteiger partial charge < -0.3 is 20.3 Å². The molecule has 1 amide bonds. The number of phenols is 1. The number of rotatable bonds is 2. The molecule has 6 heteroatoms. The number of benzene rings is 1. The van der Waals surface area contributed by atoms with Crippen molar-refractivity contribution in [3.05, 3.63) is 41.6 Å². The van der Waals surface area contributed by atoms with Crippen LogP contribution in [-0.2, 0) is 9.53 Å². The molecule has 0 aromatic heterocycles. The zero-order valence-corrected chi connectivity index (χ0v) is 9.74. The lowest BCUT2D eigenvalue weighted by Gasteiger charge is -2.17. The van der Waals surface area contributed by atoms with Gasteiger partial charge in [0.2, 0.25) is 0 Å². The Morgan fingerprint density at radius 1 is 1.32 bits per heavy atom. The third-order valence-electron chi connectivity index (χ3n) is 3.14. The van der Waals surface area contributed by atoms with Crippen LogP contribution in [0.5, 0.6) is 5.75 Å². The molecule has 0 radical (unpaired) electrons. The van der Waals surface area contributed by atoms with Gasteiger partial charge in [-0.3, -0.25) is 9.59 Å². The van der Waals surface area contributed by atoms with Gasteiger partial charge in [-0.2, -0.15) is 0 Å². The summed E-state index contributed by atoms with van der Waals surface area (Å²) < 4.78 is 4.99. The molecule has 1 heterocycles. The summed E-state index contributed by atoms with van der Waals surface area (Å²) in [5, 5.41) is 21.8. The molecule has 6 nitrogen and oxygen atoms in total. The smallest absolute Gasteiger partial charge is 0.259 e. The van der Waals surface area contributed by atoms with Crippen molar-refractivity contribution in [3.63, 3.8) is 0 Å². The Morgan fingerprint density at radius 3 is 2.79 bits per heavy atom. The molecular formula is C13H11NO5. The third kappa shape index (κ3) is 2.00. The fourth-order valence-corrected chi connectivity index (χ4v) is 2.06. The average Bonchev–Trinajstić information content (AvgIpc) is 3.17. The van der Waals surface area contributed by atoms with Crippen LogP contribution in [-0.4, -0.2) is 40.2 Å². The number of aliphatic hydroxyl groups excluding tert-OH is 1. The van der Waals surface area contributed by atoms with E-state index in [0.717, 1.165) is 6.08 Å². The van der Waals surface area contributed by atoms with Crippen molar-refractivity contribution >= 4 is 11.7 Å². The van der Waals surface area contributed by atoms with E-state index in [2.05, 4.69) is 5.32 Å². The first-order valence-corrected chi connectivity index (χ1v) is 5.76. The Labute approximate surface area is 108 Å². The zero-order valence-electron chi connectivity index (χ0n) is 9.74. The first kappa shape index (κ1) is 11.9. The number of carbonyl (C=O) groups is 2. The number of carbonyl (C=O) groups excluding carboxylic acids is 2. The van der Waals surface area contributed by atoms with Gasteiger partial charge in [-0.25, -0.2) is 0 Å². The first-order chi connectivity index (χ1) is 9.08. The van der Waals surface area contributed by atoms with Crippen LogP contribution in [0.1, 0.15) is 10.4 Å². The lowest BCUT2D eigenvalue weighted by Crippen LogP contribution is -2.37. The lowest BCUT2D eigenvalue weighted by atomic mass is 10.0. The fourth-order valence-electron chi connectivity index (χ4n) is 2.06. The third-order valence-corrected chi connectivity index (χ3v) is 3.14. The minimum atomic E-state index is -1.03. The largest absolute Gasteiger partial charge is 0.507 e. The zero-order chi connectivity index (χ0) is 13.6. The molecule has 19 heavy (non-hydrogen) atoms. The van der Waals surface area contributed by atoms with Crippen molar-refractivity contribution in [1.29, 1.82) is 0 Å². The maximum Gasteiger partial charge on any atom is 0.259 e. The molecule has 0 bridgehead atoms. The van der Waals surface area contributed by atoms with Crippen LogP contribution in [0.2, 0.25) is 0 Å². The number of epoxide rings is 1. The van der Waals surface area contributed by atoms with Gasteiger partial charge in [0.15, 0.2) is 5.78 Å². The molecule has 1 aliphatic heterocycles. The number of ether oxygens (including phenoxy) is 1. The quantitative estimate of drug-likeness (QED) is 0.636. The van der Waals surface area contributed by atoms with Gasteiger partial charge in [0.05, 0.1) is 11.3 Å². The van der Waals surface area contributed by atoms with E-state index in [0.29, 0.717) is 0 Å². The highest BCUT2D eigenvalue weighted by atomic mass is 16.6. The van der Waals surface area contributed by atoms with Crippen LogP contribution in [0, 0.1) is 0 Å². The number of fused-ring (bicyclic) bond motifs is 1. The second-order valence-corrected chi connectivity index (χ2v) is 4.44. The Hall–Kier alpha value is -2.18. The molecule has 98 valence electrons. The normalized spacial score (nSPS) is 28.4. The molecule has 1 saturated heterocycles. The van der Waals surface area contributed by atoms with Gasteiger partial charge in [-0.05, 0) is 12.1 Å². The van der Waals surface area contributed by atoms with E-state index < -0.39 is 24.2 Å². The molecule has 3 atom stereocenters. The van der Waals surface area contributed by atoms with Gasteiger partial charge in [0, 0.05) is 6.08 Å². The topological polar surface area (TPSA) is 99.2 Å². The molecule has 2 aliphatic rings. The predicted molar refractivity (Wildman–Crippen MR) is 63.3 cm³/mol. The summed E-state index contributed by atoms with van der Waals surface area (Å²) in [6.45, 7) is 0. The van der Waals surface area contributed by atoms with E-state index in [4.69, 9.17) is 4.74 Å². The van der Waals surface area contributed by atoms with Gasteiger partial charge in [-0.1, -0.05) is 12.1 Å². The molecular weight excluding hydrogens is 250 g/mol. The van der Waals surface area contributed by atoms with Crippen LogP contribution < -0.4 is 5.32 Å². The number of hydrogen-bond donors (Lipinski definition) is 3. The molecule has 1 fully saturated rings. The van der Waals surface area contributed by atoms with Crippen LogP contribution in [0.15, 0.2) is 36.0 Å². The summed E-state index contributed by atoms with van der Waals surface area (Å²) in [7, 11) is 0. The predicted octanol–water partition coefficient (Wildman–Crippen LogP) is -0.283. The number of amides is 1. The standard InChI is InChI=1S/C13H11NO5/c15-8-4-2-1-3-6(8)13(18)14-7-5-9(16)11-12(19-11)10(7)17/h1-5,10-12,15,17H,(H,14,18)/t10?,11-,12-/m0/s1. The summed E-state index contributed by atoms with van der Waals surface area (Å²) in [4.78, 5) is 23.4. The molecule has 3 N–H and O–H groups in total. The number of hydrogen-bond acceptors (Lipinski definition) is 5. The SMILES string of the molecule is O=C(NC1=CC(=O)[C@@H]2O[C@H]2C1O)c1ccccc1O. The summed E-state index contributed by atoms with van der Waals surface area (Å²) in [5.41, 5.74) is 0.166. The molecule has 3 rings (SSSR count). The molecule has 1 unspecified atom stereocenters. The lowest BCUT2D eigenvalue weighted by molar-refractivity contribution is -0.116. The van der Waals surface area contributed by atoms with Crippen LogP contribution >= 0.6 is 0 Å². The minimum Gasteiger partial charge on any atom is -0.507 e. The highest BCUT2D eigenvalue weighted by Crippen LogP contribution is 2.33. The highest BCUT2D eigenvalue weighted by molar-refractivity contribution is 6.01. The highest BCUT2D eigenvalue weighted by Gasteiger charge is 2.53. The van der Waals surface area contributed by atoms with Crippen molar-refractivity contribution in [2.24, 2.45) is 0 Å². The number of para-hydroxylation sites is 1. The number of ketones is 1. The fraction of sp³-hybridized carbons (Fsp3) is 0.231. The number of aliphatic hydroxyl groups is 1. The monoisotopic (exact) mass is 261 g/mol. The van der Waals surface area contributed by atoms with Gasteiger partial charge in [-0.15, -0.1) is 0 Å². The van der Waals surface area contributed by atoms with Crippen LogP contribution in [0.3, 0.4) is 0 Å². The number of nitrogens with one attached hydrogen (secondary N) is 1. The Kier molecular flexibility index (Phi) is 2.62. The minimum absolute atomic E-state index is 0.0712. The number of aromatic hydroxyl groups is 1. The van der Waals surface area contributed by atoms with Crippen LogP contribution in [0.4, 0.5) is 0 Å². The van der Waals surface area contributed by atoms with Gasteiger partial charge in [0.1, 0.15) is 24.1 Å². The van der Waals surface area contributed by atoms with Gasteiger partial charge >= 0.3 is 0 Å². The van der Waals surface area contributed by atoms with E-state index in [-0.39, 0.29) is 22.8 Å². The van der Waals surface area contributed by atoms with E-state index >= 15 is 0 Å². The maximum atomic E-state index is 11.9. The molecule has 0 spiro atoms. The second-order valence-electron chi connectivity index (χ2n) is 4.44. The molecule has 0 saturated carbocycles.